The van der Waals surface area contributed by atoms with Crippen LogP contribution >= 0.6 is 34.3 Å². The van der Waals surface area contributed by atoms with E-state index in [2.05, 4.69) is 4.98 Å². The first-order valence-electron chi connectivity index (χ1n) is 8.17. The zero-order chi connectivity index (χ0) is 19.7. The van der Waals surface area contributed by atoms with Crippen molar-refractivity contribution in [2.45, 2.75) is 6.54 Å². The fraction of sp³-hybridized carbons (Fsp3) is 0.0526. The van der Waals surface area contributed by atoms with Crippen LogP contribution in [0.3, 0.4) is 0 Å². The van der Waals surface area contributed by atoms with Crippen molar-refractivity contribution in [3.8, 4) is 0 Å². The molecule has 0 N–H and O–H groups in total. The molecule has 0 aliphatic heterocycles. The lowest BCUT2D eigenvalue weighted by Crippen LogP contribution is -2.29. The molecule has 4 rings (SSSR count). The normalized spacial score (nSPS) is 10.9. The second kappa shape index (κ2) is 7.67. The summed E-state index contributed by atoms with van der Waals surface area (Å²) >= 11 is 8.28. The third-order valence-electron chi connectivity index (χ3n) is 3.98. The van der Waals surface area contributed by atoms with Gasteiger partial charge in [0.2, 0.25) is 0 Å². The van der Waals surface area contributed by atoms with Crippen LogP contribution in [0.2, 0.25) is 5.02 Å². The lowest BCUT2D eigenvalue weighted by Gasteiger charge is -2.19. The smallest absolute Gasteiger partial charge is 0.279 e. The molecule has 0 fully saturated rings. The minimum Gasteiger partial charge on any atom is -0.279 e. The van der Waals surface area contributed by atoms with Crippen LogP contribution in [0.4, 0.5) is 10.1 Å². The van der Waals surface area contributed by atoms with Crippen LogP contribution in [0.1, 0.15) is 15.2 Å². The Hall–Kier alpha value is -2.81. The number of nitro groups is 1. The van der Waals surface area contributed by atoms with E-state index in [0.717, 1.165) is 27.1 Å². The number of benzene rings is 2. The lowest BCUT2D eigenvalue weighted by atomic mass is 10.2. The fourth-order valence-corrected chi connectivity index (χ4v) is 4.68. The Morgan fingerprint density at radius 1 is 1.11 bits per heavy atom. The summed E-state index contributed by atoms with van der Waals surface area (Å²) in [5.41, 5.74) is 1.67. The average Bonchev–Trinajstić information content (AvgIpc) is 3.33. The molecule has 0 aliphatic carbocycles. The molecule has 0 aliphatic rings. The molecule has 2 heterocycles. The van der Waals surface area contributed by atoms with E-state index < -0.39 is 4.92 Å². The number of thiazole rings is 1. The van der Waals surface area contributed by atoms with Crippen LogP contribution in [0.5, 0.6) is 0 Å². The molecule has 0 atom stereocenters. The first-order valence-corrected chi connectivity index (χ1v) is 10.2. The van der Waals surface area contributed by atoms with Crippen molar-refractivity contribution in [2.24, 2.45) is 0 Å². The van der Waals surface area contributed by atoms with Crippen LogP contribution in [0, 0.1) is 10.1 Å². The van der Waals surface area contributed by atoms with Crippen molar-refractivity contribution < 1.29 is 9.72 Å². The highest BCUT2D eigenvalue weighted by Gasteiger charge is 2.25. The number of hydrogen-bond acceptors (Lipinski definition) is 6. The molecule has 6 nitrogen and oxygen atoms in total. The average molecular weight is 430 g/mol. The zero-order valence-electron chi connectivity index (χ0n) is 14.2. The molecule has 2 aromatic carbocycles. The number of hydrogen-bond donors (Lipinski definition) is 0. The van der Waals surface area contributed by atoms with Crippen LogP contribution in [0.15, 0.2) is 60.7 Å². The molecule has 28 heavy (non-hydrogen) atoms. The summed E-state index contributed by atoms with van der Waals surface area (Å²) in [6.07, 6.45) is 0. The lowest BCUT2D eigenvalue weighted by molar-refractivity contribution is -0.380. The molecule has 4 aromatic rings. The molecule has 140 valence electrons. The molecular weight excluding hydrogens is 418 g/mol. The van der Waals surface area contributed by atoms with E-state index in [1.165, 1.54) is 23.5 Å². The Labute approximate surface area is 172 Å². The minimum absolute atomic E-state index is 0.0703. The van der Waals surface area contributed by atoms with Gasteiger partial charge in [0.1, 0.15) is 0 Å². The van der Waals surface area contributed by atoms with Gasteiger partial charge in [0, 0.05) is 11.1 Å². The van der Waals surface area contributed by atoms with Gasteiger partial charge < -0.3 is 0 Å². The molecule has 0 bridgehead atoms. The first-order chi connectivity index (χ1) is 13.5. The standard InChI is InChI=1S/C19H12ClN3O3S2/c20-13-6-7-14-16(10-13)28-19(21-14)22(11-12-4-2-1-3-5-12)18(24)15-8-9-17(27-15)23(25)26/h1-10H,11H2. The molecule has 0 spiro atoms. The Bertz CT molecular complexity index is 1170. The second-order valence-electron chi connectivity index (χ2n) is 5.88. The summed E-state index contributed by atoms with van der Waals surface area (Å²) < 4.78 is 0.866. The second-order valence-corrected chi connectivity index (χ2v) is 8.39. The maximum absolute atomic E-state index is 13.2. The monoisotopic (exact) mass is 429 g/mol. The number of fused-ring (bicyclic) bond motifs is 1. The quantitative estimate of drug-likeness (QED) is 0.298. The van der Waals surface area contributed by atoms with E-state index in [1.54, 1.807) is 23.1 Å². The Balaban J connectivity index is 1.75. The topological polar surface area (TPSA) is 76.3 Å². The number of amides is 1. The van der Waals surface area contributed by atoms with Gasteiger partial charge in [-0.25, -0.2) is 4.98 Å². The van der Waals surface area contributed by atoms with Crippen LogP contribution in [-0.4, -0.2) is 15.8 Å². The molecule has 0 saturated heterocycles. The van der Waals surface area contributed by atoms with Crippen molar-refractivity contribution in [3.05, 3.63) is 86.2 Å². The van der Waals surface area contributed by atoms with Gasteiger partial charge in [0.25, 0.3) is 5.91 Å². The number of rotatable bonds is 5. The van der Waals surface area contributed by atoms with Crippen LogP contribution in [-0.2, 0) is 6.54 Å². The predicted octanol–water partition coefficient (Wildman–Crippen LogP) is 5.77. The maximum Gasteiger partial charge on any atom is 0.324 e. The summed E-state index contributed by atoms with van der Waals surface area (Å²) in [7, 11) is 0. The van der Waals surface area contributed by atoms with Gasteiger partial charge in [0.15, 0.2) is 5.13 Å². The van der Waals surface area contributed by atoms with E-state index in [4.69, 9.17) is 11.6 Å². The molecule has 2 aromatic heterocycles. The van der Waals surface area contributed by atoms with Gasteiger partial charge >= 0.3 is 5.00 Å². The van der Waals surface area contributed by atoms with Crippen molar-refractivity contribution >= 4 is 60.5 Å². The number of nitrogens with zero attached hydrogens (tertiary/aromatic N) is 3. The zero-order valence-corrected chi connectivity index (χ0v) is 16.6. The summed E-state index contributed by atoms with van der Waals surface area (Å²) in [6.45, 7) is 0.304. The Kier molecular flexibility index (Phi) is 5.08. The van der Waals surface area contributed by atoms with Crippen molar-refractivity contribution in [1.29, 1.82) is 0 Å². The van der Waals surface area contributed by atoms with E-state index in [-0.39, 0.29) is 10.9 Å². The molecule has 9 heteroatoms. The van der Waals surface area contributed by atoms with Gasteiger partial charge in [-0.1, -0.05) is 64.6 Å². The van der Waals surface area contributed by atoms with Gasteiger partial charge in [-0.05, 0) is 29.8 Å². The maximum atomic E-state index is 13.2. The van der Waals surface area contributed by atoms with Gasteiger partial charge in [-0.3, -0.25) is 19.8 Å². The largest absolute Gasteiger partial charge is 0.324 e. The fourth-order valence-electron chi connectivity index (χ4n) is 2.67. The van der Waals surface area contributed by atoms with E-state index in [9.17, 15) is 14.9 Å². The number of halogens is 1. The summed E-state index contributed by atoms with van der Waals surface area (Å²) in [6, 6.07) is 17.7. The third kappa shape index (κ3) is 3.75. The minimum atomic E-state index is -0.497. The highest BCUT2D eigenvalue weighted by Crippen LogP contribution is 2.34. The third-order valence-corrected chi connectivity index (χ3v) is 6.28. The molecule has 0 saturated carbocycles. The highest BCUT2D eigenvalue weighted by atomic mass is 35.5. The Morgan fingerprint density at radius 2 is 1.89 bits per heavy atom. The molecule has 0 radical (unpaired) electrons. The molecule has 0 unspecified atom stereocenters. The van der Waals surface area contributed by atoms with Gasteiger partial charge in [0.05, 0.1) is 26.6 Å². The van der Waals surface area contributed by atoms with Crippen molar-refractivity contribution in [1.82, 2.24) is 4.98 Å². The molecular formula is C19H12ClN3O3S2. The van der Waals surface area contributed by atoms with Crippen LogP contribution in [0.25, 0.3) is 10.2 Å². The first kappa shape index (κ1) is 18.5. The van der Waals surface area contributed by atoms with E-state index in [1.807, 2.05) is 30.3 Å². The van der Waals surface area contributed by atoms with Gasteiger partial charge in [-0.15, -0.1) is 0 Å². The molecule has 1 amide bonds. The van der Waals surface area contributed by atoms with Gasteiger partial charge in [-0.2, -0.15) is 0 Å². The van der Waals surface area contributed by atoms with Crippen molar-refractivity contribution in [2.75, 3.05) is 4.90 Å². The SMILES string of the molecule is O=C(c1ccc([N+](=O)[O-])s1)N(Cc1ccccc1)c1nc2ccc(Cl)cc2s1. The predicted molar refractivity (Wildman–Crippen MR) is 113 cm³/mol. The number of carbonyl (C=O) groups excluding carboxylic acids is 1. The summed E-state index contributed by atoms with van der Waals surface area (Å²) in [5, 5.41) is 12.0. The number of anilines is 1. The summed E-state index contributed by atoms with van der Waals surface area (Å²) in [5.74, 6) is -0.327. The van der Waals surface area contributed by atoms with E-state index >= 15 is 0 Å². The van der Waals surface area contributed by atoms with Crippen molar-refractivity contribution in [3.63, 3.8) is 0 Å². The van der Waals surface area contributed by atoms with Crippen LogP contribution < -0.4 is 4.90 Å². The highest BCUT2D eigenvalue weighted by molar-refractivity contribution is 7.22. The number of aromatic nitrogens is 1. The number of thiophene rings is 1. The Morgan fingerprint density at radius 3 is 2.61 bits per heavy atom. The summed E-state index contributed by atoms with van der Waals surface area (Å²) in [4.78, 5) is 30.1. The number of carbonyl (C=O) groups is 1. The van der Waals surface area contributed by atoms with E-state index in [0.29, 0.717) is 21.6 Å².